The van der Waals surface area contributed by atoms with Crippen LogP contribution in [0.1, 0.15) is 11.3 Å². The van der Waals surface area contributed by atoms with Crippen LogP contribution < -0.4 is 19.8 Å². The minimum Gasteiger partial charge on any atom is -0.497 e. The number of methoxy groups -OCH3 is 2. The van der Waals surface area contributed by atoms with Crippen LogP contribution in [0.4, 0.5) is 24.7 Å². The van der Waals surface area contributed by atoms with Gasteiger partial charge in [-0.3, -0.25) is 0 Å². The van der Waals surface area contributed by atoms with E-state index in [-0.39, 0.29) is 11.0 Å². The van der Waals surface area contributed by atoms with Crippen LogP contribution in [-0.4, -0.2) is 48.6 Å². The Morgan fingerprint density at radius 1 is 0.861 bits per heavy atom. The summed E-state index contributed by atoms with van der Waals surface area (Å²) in [4.78, 5) is 1.80. The van der Waals surface area contributed by atoms with E-state index in [2.05, 4.69) is 10.2 Å². The lowest BCUT2D eigenvalue weighted by Crippen LogP contribution is -2.31. The molecule has 36 heavy (non-hydrogen) atoms. The molecule has 0 fully saturated rings. The first kappa shape index (κ1) is 25.3. The van der Waals surface area contributed by atoms with Crippen LogP contribution >= 0.6 is 0 Å². The zero-order valence-electron chi connectivity index (χ0n) is 20.0. The maximum atomic E-state index is 13.5. The maximum absolute atomic E-state index is 13.5. The van der Waals surface area contributed by atoms with Crippen LogP contribution in [0, 0.1) is 6.92 Å². The molecular formula is C25H23BF3N3O4. The molecule has 0 unspecified atom stereocenters. The van der Waals surface area contributed by atoms with Gasteiger partial charge < -0.3 is 24.4 Å². The number of hydrogen-bond acceptors (Lipinski definition) is 7. The molecule has 0 atom stereocenters. The Morgan fingerprint density at radius 2 is 1.61 bits per heavy atom. The summed E-state index contributed by atoms with van der Waals surface area (Å²) in [7, 11) is 2.87. The normalized spacial score (nSPS) is 11.5. The Kier molecular flexibility index (Phi) is 6.79. The number of fused-ring (bicyclic) bond motifs is 1. The van der Waals surface area contributed by atoms with Crippen LogP contribution in [-0.2, 0) is 6.18 Å². The number of ether oxygens (including phenoxy) is 2. The van der Waals surface area contributed by atoms with Crippen LogP contribution in [0.15, 0.2) is 54.6 Å². The van der Waals surface area contributed by atoms with E-state index in [1.54, 1.807) is 63.4 Å². The number of hydrogen-bond donors (Lipinski definition) is 2. The first-order valence-electron chi connectivity index (χ1n) is 10.8. The van der Waals surface area contributed by atoms with Crippen molar-refractivity contribution in [2.45, 2.75) is 13.1 Å². The molecule has 1 aromatic heterocycles. The number of benzene rings is 3. The average Bonchev–Trinajstić information content (AvgIpc) is 2.87. The Balaban J connectivity index is 1.85. The molecule has 0 bridgehead atoms. The number of aromatic nitrogens is 2. The topological polar surface area (TPSA) is 87.9 Å². The van der Waals surface area contributed by atoms with Crippen LogP contribution in [0.3, 0.4) is 0 Å². The molecule has 0 saturated carbocycles. The first-order chi connectivity index (χ1) is 17.0. The van der Waals surface area contributed by atoms with E-state index in [1.165, 1.54) is 6.07 Å². The third kappa shape index (κ3) is 4.80. The van der Waals surface area contributed by atoms with Crippen molar-refractivity contribution < 1.29 is 32.7 Å². The van der Waals surface area contributed by atoms with Gasteiger partial charge in [-0.2, -0.15) is 18.3 Å². The molecule has 0 aliphatic heterocycles. The number of rotatable bonds is 6. The fourth-order valence-corrected chi connectivity index (χ4v) is 4.00. The quantitative estimate of drug-likeness (QED) is 0.388. The van der Waals surface area contributed by atoms with Gasteiger partial charge in [0.25, 0.3) is 0 Å². The molecule has 0 spiro atoms. The predicted molar refractivity (Wildman–Crippen MR) is 132 cm³/mol. The minimum absolute atomic E-state index is 0.192. The van der Waals surface area contributed by atoms with Crippen LogP contribution in [0.2, 0.25) is 0 Å². The van der Waals surface area contributed by atoms with Crippen molar-refractivity contribution >= 4 is 34.9 Å². The third-order valence-electron chi connectivity index (χ3n) is 5.93. The third-order valence-corrected chi connectivity index (χ3v) is 5.93. The van der Waals surface area contributed by atoms with Gasteiger partial charge in [0.1, 0.15) is 11.5 Å². The summed E-state index contributed by atoms with van der Waals surface area (Å²) in [6.45, 7) is 1.76. The highest BCUT2D eigenvalue weighted by Crippen LogP contribution is 2.38. The number of alkyl halides is 3. The molecule has 7 nitrogen and oxygen atoms in total. The molecule has 4 aromatic rings. The molecule has 0 aliphatic carbocycles. The van der Waals surface area contributed by atoms with E-state index in [9.17, 15) is 23.2 Å². The minimum atomic E-state index is -4.65. The van der Waals surface area contributed by atoms with E-state index in [0.717, 1.165) is 17.5 Å². The maximum Gasteiger partial charge on any atom is 0.488 e. The molecular weight excluding hydrogens is 474 g/mol. The van der Waals surface area contributed by atoms with E-state index >= 15 is 0 Å². The lowest BCUT2D eigenvalue weighted by atomic mass is 9.78. The SMILES string of the molecule is COc1ccc(N(C)c2nnc(C)c3cc(-c4cc(B(O)O)cc(C(F)(F)F)c4)ccc23)c(OC)c1. The second-order valence-electron chi connectivity index (χ2n) is 8.18. The zero-order chi connectivity index (χ0) is 26.2. The predicted octanol–water partition coefficient (Wildman–Crippen LogP) is 4.09. The zero-order valence-corrected chi connectivity index (χ0v) is 20.0. The van der Waals surface area contributed by atoms with Crippen molar-refractivity contribution in [2.75, 3.05) is 26.2 Å². The Bertz CT molecular complexity index is 1430. The van der Waals surface area contributed by atoms with E-state index in [1.807, 2.05) is 6.07 Å². The summed E-state index contributed by atoms with van der Waals surface area (Å²) in [6.07, 6.45) is -4.65. The van der Waals surface area contributed by atoms with Gasteiger partial charge in [0.05, 0.1) is 31.2 Å². The number of halogens is 3. The smallest absolute Gasteiger partial charge is 0.488 e. The molecule has 2 N–H and O–H groups in total. The highest BCUT2D eigenvalue weighted by molar-refractivity contribution is 6.58. The monoisotopic (exact) mass is 497 g/mol. The fourth-order valence-electron chi connectivity index (χ4n) is 4.00. The number of aryl methyl sites for hydroxylation is 1. The lowest BCUT2D eigenvalue weighted by molar-refractivity contribution is -0.137. The van der Waals surface area contributed by atoms with Gasteiger partial charge >= 0.3 is 13.3 Å². The molecule has 0 saturated heterocycles. The largest absolute Gasteiger partial charge is 0.497 e. The summed E-state index contributed by atoms with van der Waals surface area (Å²) in [5, 5.41) is 29.1. The van der Waals surface area contributed by atoms with Crippen molar-refractivity contribution in [3.05, 3.63) is 65.9 Å². The molecule has 0 amide bonds. The molecule has 11 heteroatoms. The highest BCUT2D eigenvalue weighted by Gasteiger charge is 2.32. The van der Waals surface area contributed by atoms with Gasteiger partial charge in [-0.15, -0.1) is 5.10 Å². The molecule has 3 aromatic carbocycles. The second kappa shape index (κ2) is 9.67. The second-order valence-corrected chi connectivity index (χ2v) is 8.18. The average molecular weight is 497 g/mol. The molecule has 186 valence electrons. The Labute approximate surface area is 205 Å². The van der Waals surface area contributed by atoms with Crippen molar-refractivity contribution in [2.24, 2.45) is 0 Å². The Morgan fingerprint density at radius 3 is 2.25 bits per heavy atom. The van der Waals surface area contributed by atoms with Crippen LogP contribution in [0.25, 0.3) is 21.9 Å². The first-order valence-corrected chi connectivity index (χ1v) is 10.8. The summed E-state index contributed by atoms with van der Waals surface area (Å²) in [6, 6.07) is 13.5. The summed E-state index contributed by atoms with van der Waals surface area (Å²) >= 11 is 0. The summed E-state index contributed by atoms with van der Waals surface area (Å²) < 4.78 is 51.1. The fraction of sp³-hybridized carbons (Fsp3) is 0.200. The van der Waals surface area contributed by atoms with Crippen molar-refractivity contribution in [3.63, 3.8) is 0 Å². The van der Waals surface area contributed by atoms with Crippen LogP contribution in [0.5, 0.6) is 11.5 Å². The van der Waals surface area contributed by atoms with Gasteiger partial charge in [0.2, 0.25) is 0 Å². The standard InChI is InChI=1S/C25H23BF3N3O4/c1-14-21-11-15(16-9-17(25(27,28)29)12-18(10-16)26(33)34)5-7-20(21)24(31-30-14)32(2)22-8-6-19(35-3)13-23(22)36-4/h5-13,33-34H,1-4H3. The van der Waals surface area contributed by atoms with E-state index < -0.39 is 18.9 Å². The highest BCUT2D eigenvalue weighted by atomic mass is 19.4. The van der Waals surface area contributed by atoms with Gasteiger partial charge in [-0.1, -0.05) is 18.2 Å². The molecule has 1 heterocycles. The van der Waals surface area contributed by atoms with Gasteiger partial charge in [0.15, 0.2) is 5.82 Å². The van der Waals surface area contributed by atoms with Crippen molar-refractivity contribution in [1.82, 2.24) is 10.2 Å². The molecule has 4 rings (SSSR count). The van der Waals surface area contributed by atoms with Gasteiger partial charge in [0, 0.05) is 23.9 Å². The van der Waals surface area contributed by atoms with Gasteiger partial charge in [-0.05, 0) is 53.8 Å². The number of anilines is 2. The van der Waals surface area contributed by atoms with E-state index in [0.29, 0.717) is 39.6 Å². The summed E-state index contributed by atoms with van der Waals surface area (Å²) in [5.41, 5.74) is 0.720. The Hall–Kier alpha value is -3.83. The molecule has 0 radical (unpaired) electrons. The van der Waals surface area contributed by atoms with Crippen molar-refractivity contribution in [1.29, 1.82) is 0 Å². The lowest BCUT2D eigenvalue weighted by Gasteiger charge is -2.22. The van der Waals surface area contributed by atoms with E-state index in [4.69, 9.17) is 9.47 Å². The molecule has 0 aliphatic rings. The summed E-state index contributed by atoms with van der Waals surface area (Å²) in [5.74, 6) is 1.70. The van der Waals surface area contributed by atoms with Gasteiger partial charge in [-0.25, -0.2) is 0 Å². The number of nitrogens with zero attached hydrogens (tertiary/aromatic N) is 3. The van der Waals surface area contributed by atoms with Crippen molar-refractivity contribution in [3.8, 4) is 22.6 Å².